The largest absolute Gasteiger partial charge is 0.496 e. The molecule has 0 bridgehead atoms. The number of cyclic esters (lactones) is 1. The Hall–Kier alpha value is -2.95. The van der Waals surface area contributed by atoms with Gasteiger partial charge in [-0.05, 0) is 54.3 Å². The van der Waals surface area contributed by atoms with Crippen LogP contribution in [-0.4, -0.2) is 19.0 Å². The number of hydrogen-bond acceptors (Lipinski definition) is 4. The molecule has 1 aliphatic heterocycles. The maximum absolute atomic E-state index is 13.2. The van der Waals surface area contributed by atoms with Gasteiger partial charge in [-0.2, -0.15) is 0 Å². The minimum absolute atomic E-state index is 0.241. The highest BCUT2D eigenvalue weighted by atomic mass is 19.1. The quantitative estimate of drug-likeness (QED) is 0.574. The lowest BCUT2D eigenvalue weighted by atomic mass is 10.1. The molecule has 1 heterocycles. The second kappa shape index (κ2) is 7.95. The standard InChI is InChI=1S/C21H20FNO3/c1-3-14-7-9-19(25-2)16(11-14)13-18-21(24)26-20(23-18)10-8-15-5-4-6-17(22)12-15/h4-7,9,11-13H,3,8,10H2,1-2H3/b18-13+. The third kappa shape index (κ3) is 4.17. The molecule has 5 heteroatoms. The van der Waals surface area contributed by atoms with Gasteiger partial charge in [-0.1, -0.05) is 25.1 Å². The van der Waals surface area contributed by atoms with Gasteiger partial charge in [-0.25, -0.2) is 14.2 Å². The van der Waals surface area contributed by atoms with Gasteiger partial charge in [0, 0.05) is 12.0 Å². The summed E-state index contributed by atoms with van der Waals surface area (Å²) in [5.41, 5.74) is 3.00. The van der Waals surface area contributed by atoms with E-state index < -0.39 is 5.97 Å². The zero-order chi connectivity index (χ0) is 18.5. The van der Waals surface area contributed by atoms with Crippen LogP contribution in [0.2, 0.25) is 0 Å². The van der Waals surface area contributed by atoms with Crippen molar-refractivity contribution in [2.24, 2.45) is 4.99 Å². The molecule has 0 N–H and O–H groups in total. The molecule has 26 heavy (non-hydrogen) atoms. The zero-order valence-electron chi connectivity index (χ0n) is 14.8. The van der Waals surface area contributed by atoms with Gasteiger partial charge in [0.1, 0.15) is 11.6 Å². The Morgan fingerprint density at radius 3 is 2.73 bits per heavy atom. The van der Waals surface area contributed by atoms with Gasteiger partial charge >= 0.3 is 5.97 Å². The Bertz CT molecular complexity index is 887. The normalized spacial score (nSPS) is 15.1. The van der Waals surface area contributed by atoms with E-state index in [9.17, 15) is 9.18 Å². The van der Waals surface area contributed by atoms with Crippen LogP contribution in [0, 0.1) is 5.82 Å². The van der Waals surface area contributed by atoms with Crippen molar-refractivity contribution in [3.8, 4) is 5.75 Å². The maximum atomic E-state index is 13.2. The molecule has 1 aliphatic rings. The van der Waals surface area contributed by atoms with Gasteiger partial charge in [0.05, 0.1) is 7.11 Å². The Morgan fingerprint density at radius 2 is 2.00 bits per heavy atom. The Balaban J connectivity index is 1.78. The first kappa shape index (κ1) is 17.9. The lowest BCUT2D eigenvalue weighted by Gasteiger charge is -2.06. The van der Waals surface area contributed by atoms with Gasteiger partial charge in [0.25, 0.3) is 0 Å². The third-order valence-corrected chi connectivity index (χ3v) is 4.18. The van der Waals surface area contributed by atoms with Gasteiger partial charge in [-0.15, -0.1) is 0 Å². The van der Waals surface area contributed by atoms with Crippen LogP contribution in [0.25, 0.3) is 6.08 Å². The fraction of sp³-hybridized carbons (Fsp3) is 0.238. The number of aryl methyl sites for hydroxylation is 2. The van der Waals surface area contributed by atoms with E-state index in [1.165, 1.54) is 12.1 Å². The summed E-state index contributed by atoms with van der Waals surface area (Å²) in [6.07, 6.45) is 3.53. The molecule has 0 unspecified atom stereocenters. The summed E-state index contributed by atoms with van der Waals surface area (Å²) in [5, 5.41) is 0. The van der Waals surface area contributed by atoms with Crippen molar-refractivity contribution in [3.05, 3.63) is 70.7 Å². The zero-order valence-corrected chi connectivity index (χ0v) is 14.8. The Labute approximate surface area is 152 Å². The molecule has 0 fully saturated rings. The van der Waals surface area contributed by atoms with Crippen molar-refractivity contribution in [3.63, 3.8) is 0 Å². The van der Waals surface area contributed by atoms with E-state index in [-0.39, 0.29) is 11.5 Å². The molecule has 2 aromatic carbocycles. The number of rotatable bonds is 6. The van der Waals surface area contributed by atoms with Crippen LogP contribution in [0.4, 0.5) is 4.39 Å². The number of halogens is 1. The van der Waals surface area contributed by atoms with Crippen molar-refractivity contribution >= 4 is 17.9 Å². The first-order valence-corrected chi connectivity index (χ1v) is 8.52. The number of hydrogen-bond donors (Lipinski definition) is 0. The summed E-state index contributed by atoms with van der Waals surface area (Å²) in [6.45, 7) is 2.06. The predicted molar refractivity (Wildman–Crippen MR) is 98.6 cm³/mol. The lowest BCUT2D eigenvalue weighted by Crippen LogP contribution is -2.05. The molecule has 0 amide bonds. The fourth-order valence-corrected chi connectivity index (χ4v) is 2.77. The SMILES string of the molecule is CCc1ccc(OC)c(/C=C2/N=C(CCc3cccc(F)c3)OC2=O)c1. The summed E-state index contributed by atoms with van der Waals surface area (Å²) < 4.78 is 23.8. The number of methoxy groups -OCH3 is 1. The van der Waals surface area contributed by atoms with Crippen molar-refractivity contribution in [2.75, 3.05) is 7.11 Å². The van der Waals surface area contributed by atoms with Crippen LogP contribution >= 0.6 is 0 Å². The summed E-state index contributed by atoms with van der Waals surface area (Å²) >= 11 is 0. The Kier molecular flexibility index (Phi) is 5.46. The number of carbonyl (C=O) groups is 1. The molecule has 2 aromatic rings. The van der Waals surface area contributed by atoms with Gasteiger partial charge in [0.2, 0.25) is 0 Å². The van der Waals surface area contributed by atoms with Crippen LogP contribution in [-0.2, 0) is 22.4 Å². The van der Waals surface area contributed by atoms with E-state index in [0.29, 0.717) is 24.5 Å². The molecule has 0 atom stereocenters. The average Bonchev–Trinajstić information content (AvgIpc) is 2.99. The van der Waals surface area contributed by atoms with Crippen molar-refractivity contribution < 1.29 is 18.7 Å². The molecule has 0 aliphatic carbocycles. The van der Waals surface area contributed by atoms with E-state index in [0.717, 1.165) is 23.1 Å². The minimum Gasteiger partial charge on any atom is -0.496 e. The number of nitrogens with zero attached hydrogens (tertiary/aromatic N) is 1. The molecular formula is C21H20FNO3. The molecule has 134 valence electrons. The molecule has 0 saturated carbocycles. The molecule has 4 nitrogen and oxygen atoms in total. The average molecular weight is 353 g/mol. The van der Waals surface area contributed by atoms with E-state index in [2.05, 4.69) is 11.9 Å². The molecule has 3 rings (SSSR count). The van der Waals surface area contributed by atoms with E-state index in [4.69, 9.17) is 9.47 Å². The highest BCUT2D eigenvalue weighted by molar-refractivity contribution is 6.07. The number of esters is 1. The first-order valence-electron chi connectivity index (χ1n) is 8.52. The summed E-state index contributed by atoms with van der Waals surface area (Å²) in [6, 6.07) is 12.2. The van der Waals surface area contributed by atoms with Gasteiger partial charge in [0.15, 0.2) is 11.6 Å². The molecule has 0 radical (unpaired) electrons. The number of benzene rings is 2. The number of aliphatic imine (C=N–C) groups is 1. The van der Waals surface area contributed by atoms with E-state index in [1.54, 1.807) is 19.3 Å². The minimum atomic E-state index is -0.483. The van der Waals surface area contributed by atoms with E-state index >= 15 is 0 Å². The lowest BCUT2D eigenvalue weighted by molar-refractivity contribution is -0.130. The highest BCUT2D eigenvalue weighted by Crippen LogP contribution is 2.25. The third-order valence-electron chi connectivity index (χ3n) is 4.18. The highest BCUT2D eigenvalue weighted by Gasteiger charge is 2.23. The first-order chi connectivity index (χ1) is 12.6. The van der Waals surface area contributed by atoms with Crippen molar-refractivity contribution in [1.29, 1.82) is 0 Å². The van der Waals surface area contributed by atoms with Crippen LogP contribution in [0.1, 0.15) is 30.0 Å². The molecule has 0 aromatic heterocycles. The monoisotopic (exact) mass is 353 g/mol. The Morgan fingerprint density at radius 1 is 1.15 bits per heavy atom. The molecule has 0 spiro atoms. The fourth-order valence-electron chi connectivity index (χ4n) is 2.77. The second-order valence-corrected chi connectivity index (χ2v) is 5.98. The molecule has 0 saturated heterocycles. The topological polar surface area (TPSA) is 47.9 Å². The number of ether oxygens (including phenoxy) is 2. The van der Waals surface area contributed by atoms with Crippen molar-refractivity contribution in [1.82, 2.24) is 0 Å². The van der Waals surface area contributed by atoms with Crippen molar-refractivity contribution in [2.45, 2.75) is 26.2 Å². The van der Waals surface area contributed by atoms with Crippen LogP contribution in [0.15, 0.2) is 53.2 Å². The number of carbonyl (C=O) groups excluding carboxylic acids is 1. The maximum Gasteiger partial charge on any atom is 0.363 e. The predicted octanol–water partition coefficient (Wildman–Crippen LogP) is 4.33. The summed E-state index contributed by atoms with van der Waals surface area (Å²) in [5.74, 6) is 0.251. The van der Waals surface area contributed by atoms with Gasteiger partial charge < -0.3 is 9.47 Å². The molecular weight excluding hydrogens is 333 g/mol. The van der Waals surface area contributed by atoms with Crippen LogP contribution in [0.3, 0.4) is 0 Å². The summed E-state index contributed by atoms with van der Waals surface area (Å²) in [4.78, 5) is 16.4. The smallest absolute Gasteiger partial charge is 0.363 e. The van der Waals surface area contributed by atoms with E-state index in [1.807, 2.05) is 24.3 Å². The van der Waals surface area contributed by atoms with Crippen LogP contribution in [0.5, 0.6) is 5.75 Å². The van der Waals surface area contributed by atoms with Crippen LogP contribution < -0.4 is 4.74 Å². The van der Waals surface area contributed by atoms with Gasteiger partial charge in [-0.3, -0.25) is 0 Å². The second-order valence-electron chi connectivity index (χ2n) is 5.98. The summed E-state index contributed by atoms with van der Waals surface area (Å²) in [7, 11) is 1.59.